The minimum atomic E-state index is -0.267. The number of methoxy groups -OCH3 is 1. The van der Waals surface area contributed by atoms with Crippen LogP contribution in [0, 0.1) is 6.92 Å². The van der Waals surface area contributed by atoms with E-state index in [0.29, 0.717) is 40.3 Å². The first-order valence-electron chi connectivity index (χ1n) is 9.73. The minimum Gasteiger partial charge on any atom is -0.507 e. The summed E-state index contributed by atoms with van der Waals surface area (Å²) in [6.45, 7) is 5.21. The van der Waals surface area contributed by atoms with Crippen molar-refractivity contribution in [3.8, 4) is 23.0 Å². The van der Waals surface area contributed by atoms with Gasteiger partial charge >= 0.3 is 0 Å². The molecule has 0 spiro atoms. The molecule has 0 aliphatic rings. The van der Waals surface area contributed by atoms with E-state index < -0.39 is 0 Å². The fourth-order valence-electron chi connectivity index (χ4n) is 3.20. The fraction of sp³-hybridized carbons (Fsp3) is 0.348. The van der Waals surface area contributed by atoms with E-state index in [2.05, 4.69) is 11.8 Å². The zero-order valence-corrected chi connectivity index (χ0v) is 17.3. The summed E-state index contributed by atoms with van der Waals surface area (Å²) in [5, 5.41) is 10.8. The van der Waals surface area contributed by atoms with Crippen molar-refractivity contribution in [3.63, 3.8) is 0 Å². The number of hydrogen-bond donors (Lipinski definition) is 1. The second-order valence-electron chi connectivity index (χ2n) is 7.13. The van der Waals surface area contributed by atoms with Gasteiger partial charge in [0.15, 0.2) is 0 Å². The molecule has 29 heavy (non-hydrogen) atoms. The second kappa shape index (κ2) is 9.01. The van der Waals surface area contributed by atoms with Gasteiger partial charge in [-0.3, -0.25) is 4.79 Å². The Morgan fingerprint density at radius 2 is 1.79 bits per heavy atom. The maximum atomic E-state index is 13.1. The van der Waals surface area contributed by atoms with Crippen molar-refractivity contribution < 1.29 is 19.0 Å². The van der Waals surface area contributed by atoms with Gasteiger partial charge in [0.05, 0.1) is 18.1 Å². The maximum Gasteiger partial charge on any atom is 0.235 e. The third kappa shape index (κ3) is 4.54. The van der Waals surface area contributed by atoms with Crippen molar-refractivity contribution in [3.05, 3.63) is 57.9 Å². The first kappa shape index (κ1) is 20.7. The number of aryl methyl sites for hydroxylation is 1. The lowest BCUT2D eigenvalue weighted by Gasteiger charge is -2.18. The highest BCUT2D eigenvalue weighted by Crippen LogP contribution is 2.32. The second-order valence-corrected chi connectivity index (χ2v) is 7.13. The molecular weight excluding hydrogens is 370 g/mol. The topological polar surface area (TPSA) is 72.1 Å². The van der Waals surface area contributed by atoms with Gasteiger partial charge in [0.1, 0.15) is 28.6 Å². The van der Waals surface area contributed by atoms with E-state index >= 15 is 0 Å². The van der Waals surface area contributed by atoms with Gasteiger partial charge in [0.25, 0.3) is 0 Å². The first-order chi connectivity index (χ1) is 13.9. The van der Waals surface area contributed by atoms with E-state index in [-0.39, 0.29) is 16.9 Å². The Bertz CT molecular complexity index is 1040. The summed E-state index contributed by atoms with van der Waals surface area (Å²) in [7, 11) is 3.57. The van der Waals surface area contributed by atoms with Gasteiger partial charge in [0, 0.05) is 6.54 Å². The van der Waals surface area contributed by atoms with Gasteiger partial charge in [-0.1, -0.05) is 13.3 Å². The van der Waals surface area contributed by atoms with Gasteiger partial charge in [-0.05, 0) is 63.3 Å². The zero-order chi connectivity index (χ0) is 21.0. The van der Waals surface area contributed by atoms with Crippen LogP contribution in [0.5, 0.6) is 23.0 Å². The molecule has 0 saturated heterocycles. The SMILES string of the molecule is CCCCN(C)Cc1c(O)ccc2c(=O)c(Oc3ccc(OC)cc3)c(C)oc12. The average molecular weight is 397 g/mol. The number of ether oxygens (including phenoxy) is 2. The molecule has 1 heterocycles. The lowest BCUT2D eigenvalue weighted by molar-refractivity contribution is 0.313. The van der Waals surface area contributed by atoms with E-state index in [1.165, 1.54) is 6.07 Å². The predicted molar refractivity (Wildman–Crippen MR) is 113 cm³/mol. The van der Waals surface area contributed by atoms with E-state index in [4.69, 9.17) is 13.9 Å². The van der Waals surface area contributed by atoms with Crippen LogP contribution in [0.25, 0.3) is 11.0 Å². The molecule has 3 aromatic rings. The molecule has 0 aliphatic carbocycles. The first-order valence-corrected chi connectivity index (χ1v) is 9.73. The zero-order valence-electron chi connectivity index (χ0n) is 17.3. The van der Waals surface area contributed by atoms with Crippen LogP contribution < -0.4 is 14.9 Å². The van der Waals surface area contributed by atoms with E-state index in [1.54, 1.807) is 44.4 Å². The Hall–Kier alpha value is -2.99. The number of benzene rings is 2. The van der Waals surface area contributed by atoms with Crippen LogP contribution in [0.1, 0.15) is 31.1 Å². The highest BCUT2D eigenvalue weighted by atomic mass is 16.5. The molecule has 1 aromatic heterocycles. The summed E-state index contributed by atoms with van der Waals surface area (Å²) in [5.74, 6) is 1.83. The van der Waals surface area contributed by atoms with Crippen LogP contribution in [0.15, 0.2) is 45.6 Å². The monoisotopic (exact) mass is 397 g/mol. The molecule has 2 aromatic carbocycles. The summed E-state index contributed by atoms with van der Waals surface area (Å²) in [6, 6.07) is 10.1. The molecule has 0 bridgehead atoms. The average Bonchev–Trinajstić information content (AvgIpc) is 2.72. The van der Waals surface area contributed by atoms with Crippen molar-refractivity contribution in [1.82, 2.24) is 4.90 Å². The summed E-state index contributed by atoms with van der Waals surface area (Å²) in [5.41, 5.74) is 0.743. The smallest absolute Gasteiger partial charge is 0.235 e. The van der Waals surface area contributed by atoms with Crippen LogP contribution in [-0.2, 0) is 6.54 Å². The Morgan fingerprint density at radius 3 is 2.45 bits per heavy atom. The third-order valence-electron chi connectivity index (χ3n) is 4.86. The maximum absolute atomic E-state index is 13.1. The van der Waals surface area contributed by atoms with Crippen LogP contribution >= 0.6 is 0 Å². The quantitative estimate of drug-likeness (QED) is 0.586. The predicted octanol–water partition coefficient (Wildman–Crippen LogP) is 4.84. The molecule has 1 N–H and O–H groups in total. The number of hydrogen-bond acceptors (Lipinski definition) is 6. The number of nitrogens with zero attached hydrogens (tertiary/aromatic N) is 1. The van der Waals surface area contributed by atoms with Crippen molar-refractivity contribution in [2.24, 2.45) is 0 Å². The number of phenolic OH excluding ortho intramolecular Hbond substituents is 1. The van der Waals surface area contributed by atoms with Crippen molar-refractivity contribution in [2.75, 3.05) is 20.7 Å². The summed E-state index contributed by atoms with van der Waals surface area (Å²) in [4.78, 5) is 15.2. The molecule has 0 radical (unpaired) electrons. The van der Waals surface area contributed by atoms with Gasteiger partial charge in [-0.15, -0.1) is 0 Å². The number of unbranched alkanes of at least 4 members (excludes halogenated alkanes) is 1. The van der Waals surface area contributed by atoms with Crippen LogP contribution in [-0.4, -0.2) is 30.7 Å². The molecule has 0 fully saturated rings. The highest BCUT2D eigenvalue weighted by Gasteiger charge is 2.19. The Morgan fingerprint density at radius 1 is 1.10 bits per heavy atom. The van der Waals surface area contributed by atoms with Crippen molar-refractivity contribution >= 4 is 11.0 Å². The molecule has 0 amide bonds. The largest absolute Gasteiger partial charge is 0.507 e. The number of fused-ring (bicyclic) bond motifs is 1. The molecular formula is C23H27NO5. The van der Waals surface area contributed by atoms with Crippen LogP contribution in [0.4, 0.5) is 0 Å². The van der Waals surface area contributed by atoms with Gasteiger partial charge in [-0.25, -0.2) is 0 Å². The Balaban J connectivity index is 2.00. The number of rotatable bonds is 8. The summed E-state index contributed by atoms with van der Waals surface area (Å²) >= 11 is 0. The lowest BCUT2D eigenvalue weighted by atomic mass is 10.1. The fourth-order valence-corrected chi connectivity index (χ4v) is 3.20. The molecule has 0 unspecified atom stereocenters. The number of phenols is 1. The Kier molecular flexibility index (Phi) is 6.44. The van der Waals surface area contributed by atoms with Crippen LogP contribution in [0.3, 0.4) is 0 Å². The molecule has 0 aliphatic heterocycles. The van der Waals surface area contributed by atoms with Gasteiger partial charge in [-0.2, -0.15) is 0 Å². The normalized spacial score (nSPS) is 11.2. The highest BCUT2D eigenvalue weighted by molar-refractivity contribution is 5.83. The van der Waals surface area contributed by atoms with E-state index in [0.717, 1.165) is 19.4 Å². The molecule has 6 heteroatoms. The standard InChI is InChI=1S/C23H27NO5/c1-5-6-13-24(3)14-19-20(25)12-11-18-21(26)22(15(2)28-23(18)19)29-17-9-7-16(27-4)8-10-17/h7-12,25H,5-6,13-14H2,1-4H3. The molecule has 6 nitrogen and oxygen atoms in total. The third-order valence-corrected chi connectivity index (χ3v) is 4.86. The number of aromatic hydroxyl groups is 1. The summed E-state index contributed by atoms with van der Waals surface area (Å²) in [6.07, 6.45) is 2.15. The Labute approximate surface area is 170 Å². The van der Waals surface area contributed by atoms with Gasteiger partial charge in [0.2, 0.25) is 11.2 Å². The molecule has 0 atom stereocenters. The summed E-state index contributed by atoms with van der Waals surface area (Å²) < 4.78 is 16.9. The van der Waals surface area contributed by atoms with Crippen LogP contribution in [0.2, 0.25) is 0 Å². The van der Waals surface area contributed by atoms with Crippen molar-refractivity contribution in [2.45, 2.75) is 33.2 Å². The van der Waals surface area contributed by atoms with Gasteiger partial charge < -0.3 is 23.9 Å². The molecule has 3 rings (SSSR count). The molecule has 154 valence electrons. The van der Waals surface area contributed by atoms with E-state index in [9.17, 15) is 9.90 Å². The molecule has 0 saturated carbocycles. The van der Waals surface area contributed by atoms with Crippen molar-refractivity contribution in [1.29, 1.82) is 0 Å². The van der Waals surface area contributed by atoms with E-state index in [1.807, 2.05) is 7.05 Å². The lowest BCUT2D eigenvalue weighted by Crippen LogP contribution is -2.19. The minimum absolute atomic E-state index is 0.118.